The van der Waals surface area contributed by atoms with Gasteiger partial charge in [-0.2, -0.15) is 0 Å². The number of primary amides is 1. The van der Waals surface area contributed by atoms with Gasteiger partial charge in [-0.1, -0.05) is 31.9 Å². The molecule has 0 spiro atoms. The minimum Gasteiger partial charge on any atom is -0.374 e. The molecular weight excluding hydrogens is 390 g/mol. The van der Waals surface area contributed by atoms with Gasteiger partial charge in [0, 0.05) is 22.8 Å². The number of halogens is 2. The first kappa shape index (κ1) is 17.1. The van der Waals surface area contributed by atoms with Crippen molar-refractivity contribution in [3.8, 4) is 0 Å². The van der Waals surface area contributed by atoms with Crippen LogP contribution in [0.25, 0.3) is 0 Å². The quantitative estimate of drug-likeness (QED) is 0.374. The van der Waals surface area contributed by atoms with Gasteiger partial charge in [0.15, 0.2) is 0 Å². The molecule has 1 aromatic heterocycles. The van der Waals surface area contributed by atoms with Crippen LogP contribution in [0.5, 0.6) is 0 Å². The van der Waals surface area contributed by atoms with Gasteiger partial charge >= 0.3 is 0 Å². The molecule has 0 saturated carbocycles. The number of amides is 1. The van der Waals surface area contributed by atoms with Crippen LogP contribution in [0.3, 0.4) is 0 Å². The molecular formula is C13H17Br2N3O2. The second-order valence-corrected chi connectivity index (χ2v) is 5.42. The Hall–Kier alpha value is -0.950. The number of pyridine rings is 1. The van der Waals surface area contributed by atoms with Crippen LogP contribution in [0, 0.1) is 0 Å². The van der Waals surface area contributed by atoms with E-state index in [1.807, 2.05) is 12.1 Å². The maximum atomic E-state index is 11.4. The van der Waals surface area contributed by atoms with Crippen molar-refractivity contribution in [2.75, 3.05) is 5.32 Å². The molecule has 5 nitrogen and oxygen atoms in total. The molecule has 1 aromatic rings. The van der Waals surface area contributed by atoms with Gasteiger partial charge in [-0.15, -0.1) is 0 Å². The Morgan fingerprint density at radius 1 is 1.35 bits per heavy atom. The Balaban J connectivity index is 2.81. The highest BCUT2D eigenvalue weighted by molar-refractivity contribution is 9.08. The number of nitrogens with zero attached hydrogens (tertiary/aromatic N) is 1. The summed E-state index contributed by atoms with van der Waals surface area (Å²) in [5.41, 5.74) is 7.94. The van der Waals surface area contributed by atoms with Gasteiger partial charge in [0.1, 0.15) is 12.3 Å². The summed E-state index contributed by atoms with van der Waals surface area (Å²) < 4.78 is 0. The third-order valence-corrected chi connectivity index (χ3v) is 3.85. The monoisotopic (exact) mass is 405 g/mol. The van der Waals surface area contributed by atoms with Crippen LogP contribution in [0.15, 0.2) is 12.1 Å². The fraction of sp³-hybridized carbons (Fsp3) is 0.462. The molecule has 0 aliphatic heterocycles. The van der Waals surface area contributed by atoms with Gasteiger partial charge in [0.05, 0.1) is 11.4 Å². The van der Waals surface area contributed by atoms with Crippen LogP contribution in [0.2, 0.25) is 0 Å². The van der Waals surface area contributed by atoms with Crippen LogP contribution in [-0.2, 0) is 20.2 Å². The van der Waals surface area contributed by atoms with Crippen molar-refractivity contribution in [2.24, 2.45) is 5.73 Å². The van der Waals surface area contributed by atoms with E-state index in [-0.39, 0.29) is 0 Å². The third kappa shape index (κ3) is 5.58. The molecule has 0 fully saturated rings. The molecule has 1 atom stereocenters. The molecule has 7 heteroatoms. The van der Waals surface area contributed by atoms with Crippen LogP contribution < -0.4 is 11.1 Å². The number of anilines is 1. The number of unbranched alkanes of at least 4 members (excludes halogenated alkanes) is 1. The van der Waals surface area contributed by atoms with Crippen molar-refractivity contribution in [1.29, 1.82) is 0 Å². The SMILES string of the molecule is NC(=O)C(CCCC=O)Nc1cc(CBr)nc(CBr)c1. The largest absolute Gasteiger partial charge is 0.374 e. The van der Waals surface area contributed by atoms with E-state index in [2.05, 4.69) is 42.2 Å². The number of carbonyl (C=O) groups is 2. The number of aldehydes is 1. The number of nitrogens with one attached hydrogen (secondary N) is 1. The fourth-order valence-electron chi connectivity index (χ4n) is 1.76. The number of rotatable bonds is 9. The van der Waals surface area contributed by atoms with Crippen molar-refractivity contribution in [3.05, 3.63) is 23.5 Å². The van der Waals surface area contributed by atoms with Crippen molar-refractivity contribution < 1.29 is 9.59 Å². The molecule has 0 saturated heterocycles. The molecule has 1 rings (SSSR count). The summed E-state index contributed by atoms with van der Waals surface area (Å²) in [6, 6.07) is 3.26. The summed E-state index contributed by atoms with van der Waals surface area (Å²) in [5, 5.41) is 4.38. The highest BCUT2D eigenvalue weighted by Gasteiger charge is 2.15. The maximum absolute atomic E-state index is 11.4. The lowest BCUT2D eigenvalue weighted by Crippen LogP contribution is -2.35. The Morgan fingerprint density at radius 3 is 2.40 bits per heavy atom. The second kappa shape index (κ2) is 9.07. The summed E-state index contributed by atoms with van der Waals surface area (Å²) in [6.45, 7) is 0. The van der Waals surface area contributed by atoms with E-state index in [9.17, 15) is 9.59 Å². The number of hydrogen-bond acceptors (Lipinski definition) is 4. The zero-order valence-corrected chi connectivity index (χ0v) is 14.1. The van der Waals surface area contributed by atoms with E-state index in [4.69, 9.17) is 5.73 Å². The van der Waals surface area contributed by atoms with E-state index in [0.29, 0.717) is 29.9 Å². The molecule has 0 aromatic carbocycles. The van der Waals surface area contributed by atoms with E-state index >= 15 is 0 Å². The lowest BCUT2D eigenvalue weighted by molar-refractivity contribution is -0.119. The molecule has 1 unspecified atom stereocenters. The molecule has 0 radical (unpaired) electrons. The Kier molecular flexibility index (Phi) is 7.76. The molecule has 1 heterocycles. The lowest BCUT2D eigenvalue weighted by Gasteiger charge is -2.17. The summed E-state index contributed by atoms with van der Waals surface area (Å²) >= 11 is 6.73. The highest BCUT2D eigenvalue weighted by atomic mass is 79.9. The predicted octanol–water partition coefficient (Wildman–Crippen LogP) is 2.51. The van der Waals surface area contributed by atoms with Crippen LogP contribution >= 0.6 is 31.9 Å². The molecule has 0 aliphatic carbocycles. The zero-order valence-electron chi connectivity index (χ0n) is 10.9. The minimum atomic E-state index is -0.483. The molecule has 1 amide bonds. The first-order valence-corrected chi connectivity index (χ1v) is 8.46. The van der Waals surface area contributed by atoms with E-state index in [0.717, 1.165) is 23.4 Å². The van der Waals surface area contributed by atoms with Crippen LogP contribution in [0.4, 0.5) is 5.69 Å². The molecule has 20 heavy (non-hydrogen) atoms. The van der Waals surface area contributed by atoms with E-state index in [1.54, 1.807) is 0 Å². The van der Waals surface area contributed by atoms with Gasteiger partial charge in [0.25, 0.3) is 0 Å². The van der Waals surface area contributed by atoms with E-state index in [1.165, 1.54) is 0 Å². The smallest absolute Gasteiger partial charge is 0.239 e. The molecule has 0 aliphatic rings. The average molecular weight is 407 g/mol. The summed E-state index contributed by atoms with van der Waals surface area (Å²) in [5.74, 6) is -0.423. The van der Waals surface area contributed by atoms with Crippen molar-refractivity contribution in [3.63, 3.8) is 0 Å². The topological polar surface area (TPSA) is 85.1 Å². The fourth-order valence-corrected chi connectivity index (χ4v) is 2.34. The second-order valence-electron chi connectivity index (χ2n) is 4.30. The molecule has 0 bridgehead atoms. The Bertz CT molecular complexity index is 447. The van der Waals surface area contributed by atoms with Gasteiger partial charge in [-0.3, -0.25) is 9.78 Å². The van der Waals surface area contributed by atoms with Crippen molar-refractivity contribution in [1.82, 2.24) is 4.98 Å². The van der Waals surface area contributed by atoms with Gasteiger partial charge in [0.2, 0.25) is 5.91 Å². The van der Waals surface area contributed by atoms with Gasteiger partial charge in [-0.25, -0.2) is 0 Å². The number of alkyl halides is 2. The van der Waals surface area contributed by atoms with Crippen LogP contribution in [-0.4, -0.2) is 23.2 Å². The molecule has 3 N–H and O–H groups in total. The lowest BCUT2D eigenvalue weighted by atomic mass is 10.1. The van der Waals surface area contributed by atoms with Crippen molar-refractivity contribution >= 4 is 49.7 Å². The third-order valence-electron chi connectivity index (χ3n) is 2.70. The Labute approximate surface area is 135 Å². The number of aromatic nitrogens is 1. The highest BCUT2D eigenvalue weighted by Crippen LogP contribution is 2.18. The van der Waals surface area contributed by atoms with Crippen molar-refractivity contribution in [2.45, 2.75) is 36.0 Å². The van der Waals surface area contributed by atoms with Gasteiger partial charge < -0.3 is 15.8 Å². The maximum Gasteiger partial charge on any atom is 0.239 e. The number of carbonyl (C=O) groups excluding carboxylic acids is 2. The Morgan fingerprint density at radius 2 is 1.95 bits per heavy atom. The molecule has 110 valence electrons. The van der Waals surface area contributed by atoms with E-state index < -0.39 is 11.9 Å². The zero-order chi connectivity index (χ0) is 15.0. The summed E-state index contributed by atoms with van der Waals surface area (Å²) in [6.07, 6.45) is 2.44. The average Bonchev–Trinajstić information content (AvgIpc) is 2.45. The first-order valence-electron chi connectivity index (χ1n) is 6.22. The van der Waals surface area contributed by atoms with Crippen LogP contribution in [0.1, 0.15) is 30.7 Å². The first-order chi connectivity index (χ1) is 9.60. The minimum absolute atomic E-state index is 0.423. The number of hydrogen-bond donors (Lipinski definition) is 2. The summed E-state index contributed by atoms with van der Waals surface area (Å²) in [7, 11) is 0. The normalized spacial score (nSPS) is 11.9. The van der Waals surface area contributed by atoms with Gasteiger partial charge in [-0.05, 0) is 25.0 Å². The number of nitrogens with two attached hydrogens (primary N) is 1. The standard InChI is InChI=1S/C13H17Br2N3O2/c14-7-10-5-9(6-11(8-15)17-10)18-12(13(16)20)3-1-2-4-19/h4-6,12H,1-3,7-8H2,(H2,16,20)(H,17,18). The summed E-state index contributed by atoms with van der Waals surface area (Å²) in [4.78, 5) is 26.2. The predicted molar refractivity (Wildman–Crippen MR) is 86.0 cm³/mol.